The maximum Gasteiger partial charge on any atom is 0.267 e. The Kier molecular flexibility index (Phi) is 3.93. The van der Waals surface area contributed by atoms with Crippen LogP contribution in [-0.2, 0) is 0 Å². The maximum atomic E-state index is 11.7. The third-order valence-corrected chi connectivity index (χ3v) is 3.02. The number of pyridine rings is 1. The lowest BCUT2D eigenvalue weighted by Gasteiger charge is -2.22. The topological polar surface area (TPSA) is 74.0 Å². The molecule has 0 unspecified atom stereocenters. The Bertz CT molecular complexity index is 435. The van der Waals surface area contributed by atoms with Crippen molar-refractivity contribution in [1.82, 2.24) is 15.6 Å². The van der Waals surface area contributed by atoms with Gasteiger partial charge >= 0.3 is 0 Å². The molecule has 17 heavy (non-hydrogen) atoms. The van der Waals surface area contributed by atoms with Crippen molar-refractivity contribution in [2.45, 2.75) is 12.8 Å². The van der Waals surface area contributed by atoms with Crippen molar-refractivity contribution in [3.8, 4) is 0 Å². The number of hydrogen-bond acceptors (Lipinski definition) is 3. The molecule has 0 aromatic carbocycles. The summed E-state index contributed by atoms with van der Waals surface area (Å²) >= 11 is 0. The van der Waals surface area contributed by atoms with E-state index >= 15 is 0 Å². The van der Waals surface area contributed by atoms with Crippen LogP contribution in [-0.4, -0.2) is 30.5 Å². The van der Waals surface area contributed by atoms with Crippen LogP contribution in [0.25, 0.3) is 0 Å². The highest BCUT2D eigenvalue weighted by Crippen LogP contribution is 2.09. The van der Waals surface area contributed by atoms with E-state index in [1.165, 1.54) is 6.07 Å². The van der Waals surface area contributed by atoms with Gasteiger partial charge in [0, 0.05) is 12.6 Å². The van der Waals surface area contributed by atoms with Crippen LogP contribution in [0.3, 0.4) is 0 Å². The van der Waals surface area contributed by atoms with E-state index < -0.39 is 0 Å². The van der Waals surface area contributed by atoms with Gasteiger partial charge in [-0.2, -0.15) is 0 Å². The van der Waals surface area contributed by atoms with Gasteiger partial charge < -0.3 is 15.6 Å². The van der Waals surface area contributed by atoms with Gasteiger partial charge in [-0.15, -0.1) is 0 Å². The Morgan fingerprint density at radius 3 is 2.82 bits per heavy atom. The SMILES string of the molecule is O=C(NCC1CCNCC1)c1cccc(=O)[nH]1. The fourth-order valence-electron chi connectivity index (χ4n) is 2.00. The largest absolute Gasteiger partial charge is 0.350 e. The summed E-state index contributed by atoms with van der Waals surface area (Å²) in [6.45, 7) is 2.71. The van der Waals surface area contributed by atoms with Gasteiger partial charge in [0.05, 0.1) is 0 Å². The predicted octanol–water partition coefficient (Wildman–Crippen LogP) is 0.104. The number of hydrogen-bond donors (Lipinski definition) is 3. The van der Waals surface area contributed by atoms with Crippen molar-refractivity contribution in [3.05, 3.63) is 34.2 Å². The van der Waals surface area contributed by atoms with E-state index in [2.05, 4.69) is 15.6 Å². The highest BCUT2D eigenvalue weighted by Gasteiger charge is 2.14. The molecule has 3 N–H and O–H groups in total. The van der Waals surface area contributed by atoms with Gasteiger partial charge in [0.1, 0.15) is 5.69 Å². The molecule has 0 bridgehead atoms. The van der Waals surface area contributed by atoms with Crippen molar-refractivity contribution in [2.24, 2.45) is 5.92 Å². The van der Waals surface area contributed by atoms with Crippen LogP contribution in [0.1, 0.15) is 23.3 Å². The molecule has 1 fully saturated rings. The van der Waals surface area contributed by atoms with Gasteiger partial charge in [0.25, 0.3) is 5.91 Å². The number of rotatable bonds is 3. The molecule has 5 heteroatoms. The molecule has 2 heterocycles. The monoisotopic (exact) mass is 235 g/mol. The van der Waals surface area contributed by atoms with Gasteiger partial charge in [-0.3, -0.25) is 9.59 Å². The summed E-state index contributed by atoms with van der Waals surface area (Å²) in [5.74, 6) is 0.330. The lowest BCUT2D eigenvalue weighted by molar-refractivity contribution is 0.0939. The fraction of sp³-hybridized carbons (Fsp3) is 0.500. The number of carbonyl (C=O) groups excluding carboxylic acids is 1. The molecule has 1 aromatic heterocycles. The molecule has 5 nitrogen and oxygen atoms in total. The normalized spacial score (nSPS) is 16.7. The van der Waals surface area contributed by atoms with E-state index in [4.69, 9.17) is 0 Å². The molecule has 0 spiro atoms. The van der Waals surface area contributed by atoms with Crippen molar-refractivity contribution in [1.29, 1.82) is 0 Å². The zero-order valence-corrected chi connectivity index (χ0v) is 9.66. The summed E-state index contributed by atoms with van der Waals surface area (Å²) in [6, 6.07) is 4.58. The van der Waals surface area contributed by atoms with Crippen molar-refractivity contribution in [2.75, 3.05) is 19.6 Å². The molecule has 1 aromatic rings. The highest BCUT2D eigenvalue weighted by molar-refractivity contribution is 5.92. The molecular formula is C12H17N3O2. The van der Waals surface area contributed by atoms with Crippen molar-refractivity contribution >= 4 is 5.91 Å². The number of aromatic nitrogens is 1. The molecule has 1 saturated heterocycles. The zero-order valence-electron chi connectivity index (χ0n) is 9.66. The predicted molar refractivity (Wildman–Crippen MR) is 65.0 cm³/mol. The van der Waals surface area contributed by atoms with E-state index in [1.807, 2.05) is 0 Å². The smallest absolute Gasteiger partial charge is 0.267 e. The Hall–Kier alpha value is -1.62. The van der Waals surface area contributed by atoms with Crippen molar-refractivity contribution < 1.29 is 4.79 Å². The van der Waals surface area contributed by atoms with Crippen LogP contribution in [0, 0.1) is 5.92 Å². The minimum absolute atomic E-state index is 0.207. The number of aromatic amines is 1. The average molecular weight is 235 g/mol. The van der Waals surface area contributed by atoms with Crippen LogP contribution < -0.4 is 16.2 Å². The summed E-state index contributed by atoms with van der Waals surface area (Å²) in [5, 5.41) is 6.14. The number of H-pyrrole nitrogens is 1. The number of carbonyl (C=O) groups is 1. The molecule has 1 amide bonds. The average Bonchev–Trinajstić information content (AvgIpc) is 2.37. The van der Waals surface area contributed by atoms with Crippen LogP contribution >= 0.6 is 0 Å². The van der Waals surface area contributed by atoms with Crippen LogP contribution in [0.4, 0.5) is 0 Å². The first-order valence-corrected chi connectivity index (χ1v) is 5.94. The van der Waals surface area contributed by atoms with E-state index in [-0.39, 0.29) is 11.5 Å². The third kappa shape index (κ3) is 3.42. The fourth-order valence-corrected chi connectivity index (χ4v) is 2.00. The summed E-state index contributed by atoms with van der Waals surface area (Å²) < 4.78 is 0. The van der Waals surface area contributed by atoms with Crippen LogP contribution in [0.2, 0.25) is 0 Å². The van der Waals surface area contributed by atoms with Gasteiger partial charge in [0.15, 0.2) is 0 Å². The highest BCUT2D eigenvalue weighted by atomic mass is 16.2. The van der Waals surface area contributed by atoms with E-state index in [0.717, 1.165) is 25.9 Å². The van der Waals surface area contributed by atoms with Crippen molar-refractivity contribution in [3.63, 3.8) is 0 Å². The maximum absolute atomic E-state index is 11.7. The Morgan fingerprint density at radius 2 is 2.12 bits per heavy atom. The Morgan fingerprint density at radius 1 is 1.35 bits per heavy atom. The minimum Gasteiger partial charge on any atom is -0.350 e. The first kappa shape index (κ1) is 11.9. The summed E-state index contributed by atoms with van der Waals surface area (Å²) in [4.78, 5) is 25.3. The third-order valence-electron chi connectivity index (χ3n) is 3.02. The Labute approximate surface area is 99.6 Å². The molecule has 0 aliphatic carbocycles. The second-order valence-electron chi connectivity index (χ2n) is 4.33. The standard InChI is InChI=1S/C12H17N3O2/c16-11-3-1-2-10(15-11)12(17)14-8-9-4-6-13-7-5-9/h1-3,9,13H,4-8H2,(H,14,17)(H,15,16). The Balaban J connectivity index is 1.86. The molecular weight excluding hydrogens is 218 g/mol. The van der Waals surface area contributed by atoms with Gasteiger partial charge in [-0.05, 0) is 37.9 Å². The van der Waals surface area contributed by atoms with E-state index in [1.54, 1.807) is 12.1 Å². The lowest BCUT2D eigenvalue weighted by atomic mass is 9.98. The second kappa shape index (κ2) is 5.63. The van der Waals surface area contributed by atoms with Crippen LogP contribution in [0.5, 0.6) is 0 Å². The van der Waals surface area contributed by atoms with Gasteiger partial charge in [0.2, 0.25) is 5.56 Å². The molecule has 0 atom stereocenters. The summed E-state index contributed by atoms with van der Waals surface area (Å²) in [6.07, 6.45) is 2.18. The van der Waals surface area contributed by atoms with Gasteiger partial charge in [-0.25, -0.2) is 0 Å². The molecule has 1 aliphatic heterocycles. The summed E-state index contributed by atoms with van der Waals surface area (Å²) in [7, 11) is 0. The first-order valence-electron chi connectivity index (χ1n) is 5.94. The molecule has 0 saturated carbocycles. The second-order valence-corrected chi connectivity index (χ2v) is 4.33. The molecule has 2 rings (SSSR count). The minimum atomic E-state index is -0.250. The lowest BCUT2D eigenvalue weighted by Crippen LogP contribution is -2.36. The molecule has 1 aliphatic rings. The number of piperidine rings is 1. The van der Waals surface area contributed by atoms with E-state index in [9.17, 15) is 9.59 Å². The van der Waals surface area contributed by atoms with Crippen LogP contribution in [0.15, 0.2) is 23.0 Å². The van der Waals surface area contributed by atoms with E-state index in [0.29, 0.717) is 18.2 Å². The number of amides is 1. The zero-order chi connectivity index (χ0) is 12.1. The summed E-state index contributed by atoms with van der Waals surface area (Å²) in [5.41, 5.74) is 0.0750. The molecule has 92 valence electrons. The first-order chi connectivity index (χ1) is 8.25. The quantitative estimate of drug-likeness (QED) is 0.696. The molecule has 0 radical (unpaired) electrons. The van der Waals surface area contributed by atoms with Gasteiger partial charge in [-0.1, -0.05) is 6.07 Å². The number of nitrogens with one attached hydrogen (secondary N) is 3.